The molecule has 2 N–H and O–H groups in total. The van der Waals surface area contributed by atoms with Crippen LogP contribution in [0.15, 0.2) is 41.1 Å². The van der Waals surface area contributed by atoms with Gasteiger partial charge in [-0.25, -0.2) is 0 Å². The van der Waals surface area contributed by atoms with Crippen LogP contribution >= 0.6 is 11.3 Å². The predicted octanol–water partition coefficient (Wildman–Crippen LogP) is 3.19. The summed E-state index contributed by atoms with van der Waals surface area (Å²) in [6, 6.07) is 10.9. The first-order valence-electron chi connectivity index (χ1n) is 6.19. The largest absolute Gasteiger partial charge is 0.329 e. The second-order valence-corrected chi connectivity index (χ2v) is 5.43. The number of thiophene rings is 1. The molecule has 0 aliphatic carbocycles. The molecule has 18 heavy (non-hydrogen) atoms. The van der Waals surface area contributed by atoms with Crippen molar-refractivity contribution in [2.24, 2.45) is 5.73 Å². The first-order chi connectivity index (χ1) is 8.72. The van der Waals surface area contributed by atoms with Crippen LogP contribution in [0.1, 0.15) is 22.7 Å². The molecule has 0 bridgehead atoms. The highest BCUT2D eigenvalue weighted by Gasteiger charge is 2.17. The maximum absolute atomic E-state index is 5.96. The fraction of sp³-hybridized carbons (Fsp3) is 0.333. The van der Waals surface area contributed by atoms with Crippen molar-refractivity contribution in [1.29, 1.82) is 0 Å². The van der Waals surface area contributed by atoms with E-state index in [4.69, 9.17) is 5.73 Å². The lowest BCUT2D eigenvalue weighted by molar-refractivity contribution is 0.241. The third-order valence-electron chi connectivity index (χ3n) is 3.31. The Bertz CT molecular complexity index is 479. The molecule has 2 nitrogen and oxygen atoms in total. The Morgan fingerprint density at radius 1 is 1.28 bits per heavy atom. The van der Waals surface area contributed by atoms with E-state index >= 15 is 0 Å². The Morgan fingerprint density at radius 2 is 2.06 bits per heavy atom. The first kappa shape index (κ1) is 13.3. The SMILES string of the molecule is Cc1ccccc1C(CN)N(C)Cc1ccsc1. The summed E-state index contributed by atoms with van der Waals surface area (Å²) in [5, 5.41) is 4.32. The fourth-order valence-electron chi connectivity index (χ4n) is 2.29. The quantitative estimate of drug-likeness (QED) is 0.894. The number of rotatable bonds is 5. The highest BCUT2D eigenvalue weighted by Crippen LogP contribution is 2.23. The minimum absolute atomic E-state index is 0.283. The van der Waals surface area contributed by atoms with Gasteiger partial charge in [-0.1, -0.05) is 24.3 Å². The molecule has 2 aromatic rings. The molecule has 0 aliphatic heterocycles. The Balaban J connectivity index is 2.16. The van der Waals surface area contributed by atoms with Gasteiger partial charge in [0, 0.05) is 19.1 Å². The van der Waals surface area contributed by atoms with Gasteiger partial charge in [0.05, 0.1) is 0 Å². The van der Waals surface area contributed by atoms with Crippen LogP contribution in [-0.2, 0) is 6.54 Å². The van der Waals surface area contributed by atoms with Gasteiger partial charge in [-0.15, -0.1) is 0 Å². The lowest BCUT2D eigenvalue weighted by Gasteiger charge is -2.28. The van der Waals surface area contributed by atoms with Crippen LogP contribution < -0.4 is 5.73 Å². The lowest BCUT2D eigenvalue weighted by Crippen LogP contribution is -2.30. The second kappa shape index (κ2) is 6.14. The monoisotopic (exact) mass is 260 g/mol. The summed E-state index contributed by atoms with van der Waals surface area (Å²) in [4.78, 5) is 2.32. The fourth-order valence-corrected chi connectivity index (χ4v) is 2.95. The van der Waals surface area contributed by atoms with Crippen molar-refractivity contribution in [3.05, 3.63) is 57.8 Å². The van der Waals surface area contributed by atoms with Gasteiger partial charge in [-0.2, -0.15) is 11.3 Å². The maximum Gasteiger partial charge on any atom is 0.0473 e. The van der Waals surface area contributed by atoms with Crippen molar-refractivity contribution in [2.75, 3.05) is 13.6 Å². The third kappa shape index (κ3) is 2.99. The van der Waals surface area contributed by atoms with E-state index < -0.39 is 0 Å². The number of hydrogen-bond acceptors (Lipinski definition) is 3. The van der Waals surface area contributed by atoms with Crippen molar-refractivity contribution >= 4 is 11.3 Å². The molecule has 0 saturated heterocycles. The second-order valence-electron chi connectivity index (χ2n) is 4.65. The van der Waals surface area contributed by atoms with Crippen LogP contribution in [0.4, 0.5) is 0 Å². The van der Waals surface area contributed by atoms with Crippen molar-refractivity contribution in [1.82, 2.24) is 4.90 Å². The van der Waals surface area contributed by atoms with Gasteiger partial charge in [-0.3, -0.25) is 4.90 Å². The zero-order chi connectivity index (χ0) is 13.0. The molecular formula is C15H20N2S. The van der Waals surface area contributed by atoms with Gasteiger partial charge in [0.2, 0.25) is 0 Å². The number of nitrogens with zero attached hydrogens (tertiary/aromatic N) is 1. The summed E-state index contributed by atoms with van der Waals surface area (Å²) < 4.78 is 0. The van der Waals surface area contributed by atoms with E-state index in [0.717, 1.165) is 6.54 Å². The van der Waals surface area contributed by atoms with Crippen LogP contribution in [0, 0.1) is 6.92 Å². The van der Waals surface area contributed by atoms with E-state index in [1.165, 1.54) is 16.7 Å². The van der Waals surface area contributed by atoms with Gasteiger partial charge in [0.25, 0.3) is 0 Å². The predicted molar refractivity (Wildman–Crippen MR) is 78.8 cm³/mol. The van der Waals surface area contributed by atoms with Gasteiger partial charge >= 0.3 is 0 Å². The average Bonchev–Trinajstić information content (AvgIpc) is 2.85. The molecule has 96 valence electrons. The molecule has 0 amide bonds. The molecular weight excluding hydrogens is 240 g/mol. The summed E-state index contributed by atoms with van der Waals surface area (Å²) in [7, 11) is 2.14. The van der Waals surface area contributed by atoms with Crippen LogP contribution in [-0.4, -0.2) is 18.5 Å². The molecule has 0 fully saturated rings. The van der Waals surface area contributed by atoms with Crippen molar-refractivity contribution in [3.63, 3.8) is 0 Å². The number of aryl methyl sites for hydroxylation is 1. The van der Waals surface area contributed by atoms with Crippen LogP contribution in [0.2, 0.25) is 0 Å². The Morgan fingerprint density at radius 3 is 2.67 bits per heavy atom. The van der Waals surface area contributed by atoms with E-state index in [1.54, 1.807) is 11.3 Å². The molecule has 1 aromatic heterocycles. The smallest absolute Gasteiger partial charge is 0.0473 e. The maximum atomic E-state index is 5.96. The van der Waals surface area contributed by atoms with Crippen molar-refractivity contribution < 1.29 is 0 Å². The average molecular weight is 260 g/mol. The van der Waals surface area contributed by atoms with Crippen LogP contribution in [0.5, 0.6) is 0 Å². The molecule has 1 atom stereocenters. The highest BCUT2D eigenvalue weighted by atomic mass is 32.1. The van der Waals surface area contributed by atoms with E-state index in [1.807, 2.05) is 0 Å². The van der Waals surface area contributed by atoms with E-state index in [-0.39, 0.29) is 6.04 Å². The Labute approximate surface area is 113 Å². The zero-order valence-electron chi connectivity index (χ0n) is 11.0. The molecule has 3 heteroatoms. The minimum atomic E-state index is 0.283. The number of likely N-dealkylation sites (N-methyl/N-ethyl adjacent to an activating group) is 1. The highest BCUT2D eigenvalue weighted by molar-refractivity contribution is 7.07. The Hall–Kier alpha value is -1.16. The van der Waals surface area contributed by atoms with Crippen LogP contribution in [0.25, 0.3) is 0 Å². The molecule has 0 saturated carbocycles. The standard InChI is InChI=1S/C15H20N2S/c1-12-5-3-4-6-14(12)15(9-16)17(2)10-13-7-8-18-11-13/h3-8,11,15H,9-10,16H2,1-2H3. The van der Waals surface area contributed by atoms with E-state index in [9.17, 15) is 0 Å². The first-order valence-corrected chi connectivity index (χ1v) is 7.13. The summed E-state index contributed by atoms with van der Waals surface area (Å²) >= 11 is 1.74. The van der Waals surface area contributed by atoms with Crippen LogP contribution in [0.3, 0.4) is 0 Å². The van der Waals surface area contributed by atoms with Crippen molar-refractivity contribution in [2.45, 2.75) is 19.5 Å². The van der Waals surface area contributed by atoms with Gasteiger partial charge in [0.1, 0.15) is 0 Å². The van der Waals surface area contributed by atoms with E-state index in [0.29, 0.717) is 6.54 Å². The molecule has 2 rings (SSSR count). The molecule has 1 unspecified atom stereocenters. The van der Waals surface area contributed by atoms with Gasteiger partial charge in [0.15, 0.2) is 0 Å². The zero-order valence-corrected chi connectivity index (χ0v) is 11.8. The van der Waals surface area contributed by atoms with Gasteiger partial charge < -0.3 is 5.73 Å². The summed E-state index contributed by atoms with van der Waals surface area (Å²) in [5.41, 5.74) is 9.96. The third-order valence-corrected chi connectivity index (χ3v) is 4.05. The van der Waals surface area contributed by atoms with Gasteiger partial charge in [-0.05, 0) is 47.5 Å². The number of nitrogens with two attached hydrogens (primary N) is 1. The van der Waals surface area contributed by atoms with E-state index in [2.05, 4.69) is 60.0 Å². The summed E-state index contributed by atoms with van der Waals surface area (Å²) in [5.74, 6) is 0. The summed E-state index contributed by atoms with van der Waals surface area (Å²) in [6.07, 6.45) is 0. The minimum Gasteiger partial charge on any atom is -0.329 e. The molecule has 1 heterocycles. The Kier molecular flexibility index (Phi) is 4.53. The normalized spacial score (nSPS) is 12.9. The topological polar surface area (TPSA) is 29.3 Å². The number of benzene rings is 1. The molecule has 0 radical (unpaired) electrons. The molecule has 1 aromatic carbocycles. The lowest BCUT2D eigenvalue weighted by atomic mass is 10.00. The summed E-state index contributed by atoms with van der Waals surface area (Å²) in [6.45, 7) is 3.74. The molecule has 0 spiro atoms. The van der Waals surface area contributed by atoms with Crippen molar-refractivity contribution in [3.8, 4) is 0 Å². The molecule has 0 aliphatic rings. The number of hydrogen-bond donors (Lipinski definition) is 1.